The fourth-order valence-corrected chi connectivity index (χ4v) is 3.15. The number of halogens is 2. The van der Waals surface area contributed by atoms with Gasteiger partial charge in [0.05, 0.1) is 17.7 Å². The molecule has 0 aliphatic rings. The van der Waals surface area contributed by atoms with Gasteiger partial charge in [-0.15, -0.1) is 23.8 Å². The van der Waals surface area contributed by atoms with Gasteiger partial charge in [0.2, 0.25) is 0 Å². The van der Waals surface area contributed by atoms with Crippen LogP contribution in [0.2, 0.25) is 0 Å². The first kappa shape index (κ1) is 22.5. The minimum Gasteiger partial charge on any atom is -0.300 e. The van der Waals surface area contributed by atoms with Gasteiger partial charge in [0.25, 0.3) is 0 Å². The van der Waals surface area contributed by atoms with Gasteiger partial charge in [-0.1, -0.05) is 12.1 Å². The van der Waals surface area contributed by atoms with Crippen molar-refractivity contribution in [3.63, 3.8) is 0 Å². The van der Waals surface area contributed by atoms with Gasteiger partial charge in [-0.25, -0.2) is 0 Å². The second-order valence-corrected chi connectivity index (χ2v) is 7.21. The standard InChI is InChI=1S/C24H16F2N4.Pt/c1-24(2,21-14-15-30(29-21)16-8-5-4-6-9-16)20-11-7-10-19(28-20)17-12-13-18(25)23(27-3)22(17)26;/h4-8,10-11,13-15H,1-2H3;/q-2;+2. The summed E-state index contributed by atoms with van der Waals surface area (Å²) in [5.41, 5.74) is 1.24. The fourth-order valence-electron chi connectivity index (χ4n) is 3.15. The Morgan fingerprint density at radius 1 is 1.03 bits per heavy atom. The van der Waals surface area contributed by atoms with Crippen molar-refractivity contribution in [1.29, 1.82) is 0 Å². The number of rotatable bonds is 4. The maximum atomic E-state index is 14.6. The minimum absolute atomic E-state index is 0. The molecule has 0 atom stereocenters. The molecule has 0 N–H and O–H groups in total. The van der Waals surface area contributed by atoms with Gasteiger partial charge in [-0.3, -0.25) is 18.3 Å². The van der Waals surface area contributed by atoms with Crippen molar-refractivity contribution in [3.8, 4) is 16.9 Å². The van der Waals surface area contributed by atoms with Crippen molar-refractivity contribution in [1.82, 2.24) is 14.8 Å². The van der Waals surface area contributed by atoms with Crippen molar-refractivity contribution < 1.29 is 29.8 Å². The first-order valence-electron chi connectivity index (χ1n) is 9.20. The summed E-state index contributed by atoms with van der Waals surface area (Å²) in [6.07, 6.45) is 1.85. The van der Waals surface area contributed by atoms with Gasteiger partial charge in [-0.05, 0) is 37.4 Å². The first-order chi connectivity index (χ1) is 14.4. The number of para-hydroxylation sites is 1. The van der Waals surface area contributed by atoms with Gasteiger partial charge < -0.3 is 4.98 Å². The maximum Gasteiger partial charge on any atom is 2.00 e. The molecular weight excluding hydrogens is 577 g/mol. The monoisotopic (exact) mass is 593 g/mol. The van der Waals surface area contributed by atoms with E-state index in [9.17, 15) is 8.78 Å². The molecule has 2 aromatic heterocycles. The van der Waals surface area contributed by atoms with E-state index in [2.05, 4.69) is 27.1 Å². The van der Waals surface area contributed by atoms with Crippen LogP contribution in [0.25, 0.3) is 21.8 Å². The Balaban J connectivity index is 0.00000272. The topological polar surface area (TPSA) is 35.1 Å². The van der Waals surface area contributed by atoms with Crippen molar-refractivity contribution in [2.24, 2.45) is 0 Å². The van der Waals surface area contributed by atoms with E-state index < -0.39 is 22.7 Å². The maximum absolute atomic E-state index is 14.6. The van der Waals surface area contributed by atoms with Crippen LogP contribution < -0.4 is 0 Å². The SMILES string of the molecule is [C-]#[N+]c1c(F)c[c-]c(-c2cccc(C(C)(C)c3ccn(-c4[c-]cccc4)n3)n2)c1F.[Pt+2]. The zero-order valence-electron chi connectivity index (χ0n) is 16.6. The predicted molar refractivity (Wildman–Crippen MR) is 109 cm³/mol. The molecule has 4 aromatic rings. The largest absolute Gasteiger partial charge is 2.00 e. The molecule has 0 unspecified atom stereocenters. The molecule has 0 aliphatic carbocycles. The Labute approximate surface area is 193 Å². The summed E-state index contributed by atoms with van der Waals surface area (Å²) in [6.45, 7) is 10.9. The third kappa shape index (κ3) is 4.19. The molecule has 0 spiro atoms. The van der Waals surface area contributed by atoms with Crippen LogP contribution in [0, 0.1) is 30.3 Å². The molecule has 2 heterocycles. The van der Waals surface area contributed by atoms with Crippen molar-refractivity contribution in [3.05, 3.63) is 107 Å². The number of hydrogen-bond donors (Lipinski definition) is 0. The van der Waals surface area contributed by atoms with E-state index in [1.807, 2.05) is 56.4 Å². The number of pyridine rings is 1. The quantitative estimate of drug-likeness (QED) is 0.285. The van der Waals surface area contributed by atoms with Crippen LogP contribution in [0.4, 0.5) is 14.5 Å². The zero-order valence-corrected chi connectivity index (χ0v) is 18.9. The van der Waals surface area contributed by atoms with E-state index >= 15 is 0 Å². The van der Waals surface area contributed by atoms with Crippen molar-refractivity contribution in [2.45, 2.75) is 19.3 Å². The van der Waals surface area contributed by atoms with Gasteiger partial charge in [-0.2, -0.15) is 29.4 Å². The number of nitrogens with zero attached hydrogens (tertiary/aromatic N) is 4. The van der Waals surface area contributed by atoms with E-state index in [0.717, 1.165) is 17.4 Å². The molecule has 0 saturated carbocycles. The molecule has 31 heavy (non-hydrogen) atoms. The summed E-state index contributed by atoms with van der Waals surface area (Å²) in [6, 6.07) is 21.3. The van der Waals surface area contributed by atoms with Crippen LogP contribution >= 0.6 is 0 Å². The van der Waals surface area contributed by atoms with Crippen LogP contribution in [0.1, 0.15) is 25.2 Å². The number of hydrogen-bond acceptors (Lipinski definition) is 2. The molecule has 7 heteroatoms. The van der Waals surface area contributed by atoms with Crippen molar-refractivity contribution >= 4 is 5.69 Å². The Morgan fingerprint density at radius 3 is 2.55 bits per heavy atom. The normalized spacial score (nSPS) is 10.9. The fraction of sp³-hybridized carbons (Fsp3) is 0.125. The van der Waals surface area contributed by atoms with Gasteiger partial charge >= 0.3 is 21.1 Å². The first-order valence-corrected chi connectivity index (χ1v) is 9.20. The van der Waals surface area contributed by atoms with E-state index in [0.29, 0.717) is 5.69 Å². The third-order valence-electron chi connectivity index (χ3n) is 4.92. The van der Waals surface area contributed by atoms with Crippen LogP contribution in [0.3, 0.4) is 0 Å². The molecule has 0 fully saturated rings. The van der Waals surface area contributed by atoms with Gasteiger partial charge in [0.1, 0.15) is 0 Å². The van der Waals surface area contributed by atoms with E-state index in [4.69, 9.17) is 6.57 Å². The second kappa shape index (κ2) is 8.91. The van der Waals surface area contributed by atoms with Crippen LogP contribution in [-0.2, 0) is 26.5 Å². The molecule has 4 rings (SSSR count). The summed E-state index contributed by atoms with van der Waals surface area (Å²) in [4.78, 5) is 7.53. The van der Waals surface area contributed by atoms with E-state index in [1.165, 1.54) is 0 Å². The third-order valence-corrected chi connectivity index (χ3v) is 4.92. The summed E-state index contributed by atoms with van der Waals surface area (Å²) >= 11 is 0. The zero-order chi connectivity index (χ0) is 21.3. The predicted octanol–water partition coefficient (Wildman–Crippen LogP) is 5.69. The Hall–Kier alpha value is -3.16. The summed E-state index contributed by atoms with van der Waals surface area (Å²) in [7, 11) is 0. The molecule has 0 bridgehead atoms. The molecule has 0 aliphatic heterocycles. The van der Waals surface area contributed by atoms with Crippen LogP contribution in [0.5, 0.6) is 0 Å². The van der Waals surface area contributed by atoms with E-state index in [1.54, 1.807) is 16.8 Å². The number of benzene rings is 2. The molecule has 0 saturated heterocycles. The van der Waals surface area contributed by atoms with E-state index in [-0.39, 0.29) is 32.3 Å². The average molecular weight is 593 g/mol. The van der Waals surface area contributed by atoms with Gasteiger partial charge in [0.15, 0.2) is 5.69 Å². The molecule has 0 radical (unpaired) electrons. The van der Waals surface area contributed by atoms with Crippen LogP contribution in [0.15, 0.2) is 60.8 Å². The minimum atomic E-state index is -0.962. The van der Waals surface area contributed by atoms with Gasteiger partial charge in [0, 0.05) is 23.5 Å². The number of aromatic nitrogens is 3. The smallest absolute Gasteiger partial charge is 0.300 e. The average Bonchev–Trinajstić information content (AvgIpc) is 3.26. The Morgan fingerprint density at radius 2 is 1.84 bits per heavy atom. The summed E-state index contributed by atoms with van der Waals surface area (Å²) < 4.78 is 30.0. The summed E-state index contributed by atoms with van der Waals surface area (Å²) in [5, 5.41) is 4.66. The molecule has 4 nitrogen and oxygen atoms in total. The second-order valence-electron chi connectivity index (χ2n) is 7.21. The van der Waals surface area contributed by atoms with Crippen molar-refractivity contribution in [2.75, 3.05) is 0 Å². The Bertz CT molecular complexity index is 1260. The molecule has 2 aromatic carbocycles. The molecular formula is C24H16F2N4Pt. The van der Waals surface area contributed by atoms with Crippen LogP contribution in [-0.4, -0.2) is 14.8 Å². The summed E-state index contributed by atoms with van der Waals surface area (Å²) in [5.74, 6) is -1.90. The molecule has 156 valence electrons. The molecule has 0 amide bonds. The Kier molecular flexibility index (Phi) is 6.47.